The fraction of sp³-hybridized carbons (Fsp3) is 0.160. The van der Waals surface area contributed by atoms with Crippen LogP contribution in [0.2, 0.25) is 10.0 Å². The Morgan fingerprint density at radius 1 is 1.09 bits per heavy atom. The van der Waals surface area contributed by atoms with E-state index in [0.717, 1.165) is 5.56 Å². The summed E-state index contributed by atoms with van der Waals surface area (Å²) in [4.78, 5) is 38.4. The number of rotatable bonds is 7. The van der Waals surface area contributed by atoms with Crippen LogP contribution in [0, 0.1) is 0 Å². The number of likely N-dealkylation sites (N-methyl/N-ethyl adjacent to an activating group) is 1. The Kier molecular flexibility index (Phi) is 7.07. The van der Waals surface area contributed by atoms with E-state index in [9.17, 15) is 14.4 Å². The number of primary amides is 1. The van der Waals surface area contributed by atoms with Crippen molar-refractivity contribution in [3.63, 3.8) is 0 Å². The van der Waals surface area contributed by atoms with E-state index >= 15 is 0 Å². The van der Waals surface area contributed by atoms with E-state index in [2.05, 4.69) is 31.9 Å². The predicted octanol–water partition coefficient (Wildman–Crippen LogP) is 4.65. The Morgan fingerprint density at radius 3 is 2.51 bits per heavy atom. The van der Waals surface area contributed by atoms with Gasteiger partial charge in [0.1, 0.15) is 5.54 Å². The third-order valence-electron chi connectivity index (χ3n) is 5.91. The quantitative estimate of drug-likeness (QED) is 0.328. The highest BCUT2D eigenvalue weighted by molar-refractivity contribution is 9.10. The Morgan fingerprint density at radius 2 is 1.83 bits per heavy atom. The van der Waals surface area contributed by atoms with Gasteiger partial charge >= 0.3 is 0 Å². The van der Waals surface area contributed by atoms with Gasteiger partial charge in [0.15, 0.2) is 0 Å². The topological polar surface area (TPSA) is 113 Å². The fourth-order valence-corrected chi connectivity index (χ4v) is 5.10. The van der Waals surface area contributed by atoms with Crippen molar-refractivity contribution < 1.29 is 14.4 Å². The van der Waals surface area contributed by atoms with Crippen LogP contribution in [0.1, 0.15) is 27.0 Å². The first-order valence-electron chi connectivity index (χ1n) is 10.6. The van der Waals surface area contributed by atoms with E-state index in [-0.39, 0.29) is 35.9 Å². The van der Waals surface area contributed by atoms with E-state index in [4.69, 9.17) is 28.9 Å². The molecule has 1 atom stereocenters. The number of fused-ring (bicyclic) bond motifs is 1. The molecule has 1 aliphatic heterocycles. The number of carbonyl (C=O) groups excluding carboxylic acids is 3. The first-order valence-corrected chi connectivity index (χ1v) is 12.2. The SMILES string of the molecule is CNC(=O)Cc1c(Br)ccc(C(N)=O)c1NC1(Cc2cccc(Cl)c2)C(=O)Nc2cc(Cl)ccc21. The van der Waals surface area contributed by atoms with E-state index in [1.807, 2.05) is 6.07 Å². The lowest BCUT2D eigenvalue weighted by molar-refractivity contribution is -0.120. The van der Waals surface area contributed by atoms with E-state index in [1.54, 1.807) is 48.5 Å². The van der Waals surface area contributed by atoms with Crippen molar-refractivity contribution in [2.45, 2.75) is 18.4 Å². The maximum absolute atomic E-state index is 13.7. The van der Waals surface area contributed by atoms with Crippen LogP contribution in [0.25, 0.3) is 0 Å². The number of nitrogens with one attached hydrogen (secondary N) is 3. The molecule has 0 spiro atoms. The van der Waals surface area contributed by atoms with Crippen LogP contribution in [0.5, 0.6) is 0 Å². The summed E-state index contributed by atoms with van der Waals surface area (Å²) < 4.78 is 0.584. The molecule has 4 rings (SSSR count). The summed E-state index contributed by atoms with van der Waals surface area (Å²) in [5.74, 6) is -1.33. The van der Waals surface area contributed by atoms with Crippen molar-refractivity contribution in [2.24, 2.45) is 5.73 Å². The van der Waals surface area contributed by atoms with Crippen LogP contribution >= 0.6 is 39.1 Å². The summed E-state index contributed by atoms with van der Waals surface area (Å²) in [7, 11) is 1.52. The Labute approximate surface area is 220 Å². The minimum absolute atomic E-state index is 0.0527. The Bertz CT molecular complexity index is 1360. The highest BCUT2D eigenvalue weighted by Crippen LogP contribution is 2.44. The Hall–Kier alpha value is -3.07. The van der Waals surface area contributed by atoms with Crippen molar-refractivity contribution in [2.75, 3.05) is 17.7 Å². The van der Waals surface area contributed by atoms with Crippen LogP contribution in [0.4, 0.5) is 11.4 Å². The van der Waals surface area contributed by atoms with E-state index in [0.29, 0.717) is 31.3 Å². The van der Waals surface area contributed by atoms with Crippen LogP contribution in [0.15, 0.2) is 59.1 Å². The van der Waals surface area contributed by atoms with Crippen molar-refractivity contribution in [1.82, 2.24) is 5.32 Å². The molecule has 1 unspecified atom stereocenters. The molecular weight excluding hydrogens is 555 g/mol. The molecule has 7 nitrogen and oxygen atoms in total. The van der Waals surface area contributed by atoms with Crippen molar-refractivity contribution >= 4 is 68.2 Å². The molecule has 3 aromatic carbocycles. The van der Waals surface area contributed by atoms with Crippen LogP contribution in [0.3, 0.4) is 0 Å². The summed E-state index contributed by atoms with van der Waals surface area (Å²) in [5, 5.41) is 9.79. The second kappa shape index (κ2) is 9.89. The number of hydrogen-bond donors (Lipinski definition) is 4. The lowest BCUT2D eigenvalue weighted by atomic mass is 9.83. The number of hydrogen-bond acceptors (Lipinski definition) is 4. The average Bonchev–Trinajstić information content (AvgIpc) is 3.05. The first kappa shape index (κ1) is 25.0. The molecule has 0 saturated heterocycles. The van der Waals surface area contributed by atoms with E-state index < -0.39 is 11.4 Å². The van der Waals surface area contributed by atoms with Gasteiger partial charge < -0.3 is 21.7 Å². The number of anilines is 2. The van der Waals surface area contributed by atoms with Gasteiger partial charge in [-0.25, -0.2) is 0 Å². The highest BCUT2D eigenvalue weighted by Gasteiger charge is 2.48. The molecule has 10 heteroatoms. The number of halogens is 3. The summed E-state index contributed by atoms with van der Waals surface area (Å²) >= 11 is 15.9. The van der Waals surface area contributed by atoms with E-state index in [1.165, 1.54) is 7.05 Å². The van der Waals surface area contributed by atoms with Gasteiger partial charge in [-0.15, -0.1) is 0 Å². The zero-order valence-electron chi connectivity index (χ0n) is 18.5. The normalized spacial score (nSPS) is 16.4. The molecule has 0 fully saturated rings. The van der Waals surface area contributed by atoms with Gasteiger partial charge in [-0.3, -0.25) is 14.4 Å². The zero-order chi connectivity index (χ0) is 25.3. The minimum Gasteiger partial charge on any atom is -0.366 e. The molecule has 0 bridgehead atoms. The number of nitrogens with two attached hydrogens (primary N) is 1. The first-order chi connectivity index (χ1) is 16.6. The zero-order valence-corrected chi connectivity index (χ0v) is 21.6. The van der Waals surface area contributed by atoms with Crippen molar-refractivity contribution in [1.29, 1.82) is 0 Å². The summed E-state index contributed by atoms with van der Waals surface area (Å²) in [6.45, 7) is 0. The predicted molar refractivity (Wildman–Crippen MR) is 141 cm³/mol. The number of carbonyl (C=O) groups is 3. The molecule has 0 radical (unpaired) electrons. The number of amides is 3. The Balaban J connectivity index is 1.95. The van der Waals surface area contributed by atoms with Crippen LogP contribution in [-0.4, -0.2) is 24.8 Å². The molecule has 35 heavy (non-hydrogen) atoms. The summed E-state index contributed by atoms with van der Waals surface area (Å²) in [6.07, 6.45) is 0.140. The molecule has 1 aliphatic rings. The highest BCUT2D eigenvalue weighted by atomic mass is 79.9. The van der Waals surface area contributed by atoms with Gasteiger partial charge in [-0.1, -0.05) is 57.3 Å². The minimum atomic E-state index is -1.35. The maximum atomic E-state index is 13.7. The number of benzene rings is 3. The lowest BCUT2D eigenvalue weighted by Gasteiger charge is -2.32. The molecule has 5 N–H and O–H groups in total. The summed E-state index contributed by atoms with van der Waals surface area (Å²) in [5.41, 5.74) is 7.23. The fourth-order valence-electron chi connectivity index (χ4n) is 4.25. The molecule has 0 aliphatic carbocycles. The van der Waals surface area contributed by atoms with Gasteiger partial charge in [-0.2, -0.15) is 0 Å². The molecule has 3 aromatic rings. The van der Waals surface area contributed by atoms with Crippen LogP contribution < -0.4 is 21.7 Å². The average molecular weight is 576 g/mol. The molecule has 180 valence electrons. The lowest BCUT2D eigenvalue weighted by Crippen LogP contribution is -2.45. The van der Waals surface area contributed by atoms with Crippen molar-refractivity contribution in [3.8, 4) is 0 Å². The summed E-state index contributed by atoms with van der Waals surface area (Å²) in [6, 6.07) is 15.5. The van der Waals surface area contributed by atoms with Crippen LogP contribution in [-0.2, 0) is 28.0 Å². The third-order valence-corrected chi connectivity index (χ3v) is 7.12. The van der Waals surface area contributed by atoms with Crippen molar-refractivity contribution in [3.05, 3.63) is 91.4 Å². The third kappa shape index (κ3) is 4.87. The second-order valence-corrected chi connectivity index (χ2v) is 9.87. The van der Waals surface area contributed by atoms with Gasteiger partial charge in [0, 0.05) is 39.2 Å². The van der Waals surface area contributed by atoms with Gasteiger partial charge in [0.2, 0.25) is 5.91 Å². The maximum Gasteiger partial charge on any atom is 0.255 e. The molecule has 1 heterocycles. The molecule has 3 amide bonds. The largest absolute Gasteiger partial charge is 0.366 e. The van der Waals surface area contributed by atoms with Gasteiger partial charge in [-0.05, 0) is 47.5 Å². The molecule has 0 aromatic heterocycles. The molecule has 0 saturated carbocycles. The second-order valence-electron chi connectivity index (χ2n) is 8.14. The standard InChI is InChI=1S/C25H21BrCl2N4O3/c1-30-21(33)11-17-19(26)8-6-16(23(29)34)22(17)32-25(12-13-3-2-4-14(27)9-13)18-7-5-15(28)10-20(18)31-24(25)35/h2-10,32H,11-12H2,1H3,(H2,29,34)(H,30,33)(H,31,35). The monoisotopic (exact) mass is 574 g/mol. The molecular formula is C25H21BrCl2N4O3. The van der Waals surface area contributed by atoms with Gasteiger partial charge in [0.25, 0.3) is 11.8 Å². The smallest absolute Gasteiger partial charge is 0.255 e. The van der Waals surface area contributed by atoms with Gasteiger partial charge in [0.05, 0.1) is 17.7 Å².